The molecule has 2 N–H and O–H groups in total. The highest BCUT2D eigenvalue weighted by Crippen LogP contribution is 2.28. The molecule has 0 fully saturated rings. The third-order valence-corrected chi connectivity index (χ3v) is 5.44. The van der Waals surface area contributed by atoms with E-state index in [2.05, 4.69) is 19.7 Å². The number of benzene rings is 1. The van der Waals surface area contributed by atoms with Crippen LogP contribution >= 0.6 is 0 Å². The van der Waals surface area contributed by atoms with Gasteiger partial charge in [0.25, 0.3) is 10.0 Å². The van der Waals surface area contributed by atoms with Gasteiger partial charge < -0.3 is 14.6 Å². The fraction of sp³-hybridized carbons (Fsp3) is 0.286. The van der Waals surface area contributed by atoms with Gasteiger partial charge in [-0.25, -0.2) is 13.4 Å². The summed E-state index contributed by atoms with van der Waals surface area (Å²) in [7, 11) is -2.52. The zero-order chi connectivity index (χ0) is 22.5. The molecule has 1 aromatic carbocycles. The molecular weight excluding hydrogens is 420 g/mol. The van der Waals surface area contributed by atoms with Crippen LogP contribution in [-0.2, 0) is 21.4 Å². The fourth-order valence-corrected chi connectivity index (χ4v) is 3.89. The van der Waals surface area contributed by atoms with Gasteiger partial charge in [-0.2, -0.15) is 0 Å². The number of aromatic nitrogens is 3. The number of nitrogens with zero attached hydrogens (tertiary/aromatic N) is 3. The van der Waals surface area contributed by atoms with Crippen LogP contribution in [0.2, 0.25) is 0 Å². The molecule has 0 aliphatic rings. The summed E-state index contributed by atoms with van der Waals surface area (Å²) in [5.74, 6) is 0.641. The lowest BCUT2D eigenvalue weighted by atomic mass is 10.1. The molecule has 3 rings (SSSR count). The van der Waals surface area contributed by atoms with E-state index in [-0.39, 0.29) is 29.6 Å². The molecule has 0 saturated heterocycles. The van der Waals surface area contributed by atoms with Crippen molar-refractivity contribution < 1.29 is 23.0 Å². The maximum atomic E-state index is 13.1. The van der Waals surface area contributed by atoms with Crippen LogP contribution in [0.4, 0.5) is 5.82 Å². The van der Waals surface area contributed by atoms with Crippen LogP contribution in [0.3, 0.4) is 0 Å². The highest BCUT2D eigenvalue weighted by Gasteiger charge is 2.22. The molecule has 0 unspecified atom stereocenters. The van der Waals surface area contributed by atoms with Crippen LogP contribution in [0.5, 0.6) is 5.75 Å². The van der Waals surface area contributed by atoms with Gasteiger partial charge in [-0.05, 0) is 50.2 Å². The second kappa shape index (κ2) is 9.38. The Kier molecular flexibility index (Phi) is 6.84. The first kappa shape index (κ1) is 22.6. The fourth-order valence-electron chi connectivity index (χ4n) is 2.67. The number of rotatable bonds is 9. The largest absolute Gasteiger partial charge is 0.491 e. The van der Waals surface area contributed by atoms with E-state index >= 15 is 0 Å². The van der Waals surface area contributed by atoms with Gasteiger partial charge in [-0.3, -0.25) is 14.7 Å². The molecule has 0 radical (unpaired) electrons. The molecular formula is C21H24N4O5S. The van der Waals surface area contributed by atoms with Crippen LogP contribution in [0.1, 0.15) is 19.5 Å². The number of aliphatic hydroxyl groups is 1. The predicted octanol–water partition coefficient (Wildman–Crippen LogP) is 2.64. The van der Waals surface area contributed by atoms with Crippen LogP contribution in [0.15, 0.2) is 59.9 Å². The summed E-state index contributed by atoms with van der Waals surface area (Å²) in [6.45, 7) is 3.53. The van der Waals surface area contributed by atoms with Gasteiger partial charge >= 0.3 is 0 Å². The van der Waals surface area contributed by atoms with E-state index in [1.165, 1.54) is 31.8 Å². The van der Waals surface area contributed by atoms with Crippen LogP contribution in [-0.4, -0.2) is 47.8 Å². The van der Waals surface area contributed by atoms with Crippen molar-refractivity contribution >= 4 is 15.8 Å². The molecule has 0 spiro atoms. The summed E-state index contributed by atoms with van der Waals surface area (Å²) in [6.07, 6.45) is 4.38. The van der Waals surface area contributed by atoms with E-state index in [1.54, 1.807) is 44.2 Å². The topological polar surface area (TPSA) is 124 Å². The summed E-state index contributed by atoms with van der Waals surface area (Å²) < 4.78 is 39.3. The van der Waals surface area contributed by atoms with E-state index in [1.807, 2.05) is 0 Å². The number of hydrogen-bond acceptors (Lipinski definition) is 8. The van der Waals surface area contributed by atoms with Crippen LogP contribution < -0.4 is 9.46 Å². The number of sulfonamides is 1. The standard InChI is InChI=1S/C21H24N4O5S/c1-21(2,26)14-30-16-8-6-15(7-9-16)19-18(5-4-10-23-19)31(27,28)25-20-17(13-29-3)22-11-12-24-20/h4-12,26H,13-14H2,1-3H3,(H,24,25). The minimum Gasteiger partial charge on any atom is -0.491 e. The second-order valence-electron chi connectivity index (χ2n) is 7.37. The Bertz CT molecular complexity index is 1130. The van der Waals surface area contributed by atoms with Crippen molar-refractivity contribution in [1.29, 1.82) is 0 Å². The lowest BCUT2D eigenvalue weighted by molar-refractivity contribution is 0.0285. The third-order valence-electron chi connectivity index (χ3n) is 4.07. The van der Waals surface area contributed by atoms with Crippen molar-refractivity contribution in [3.05, 3.63) is 60.7 Å². The Balaban J connectivity index is 1.90. The Morgan fingerprint density at radius 3 is 2.42 bits per heavy atom. The van der Waals surface area contributed by atoms with Crippen molar-refractivity contribution in [3.63, 3.8) is 0 Å². The van der Waals surface area contributed by atoms with Crippen LogP contribution in [0.25, 0.3) is 11.3 Å². The van der Waals surface area contributed by atoms with Crippen molar-refractivity contribution in [2.24, 2.45) is 0 Å². The quantitative estimate of drug-likeness (QED) is 0.516. The first-order valence-corrected chi connectivity index (χ1v) is 10.9. The first-order valence-electron chi connectivity index (χ1n) is 9.42. The Hall–Kier alpha value is -3.08. The lowest BCUT2D eigenvalue weighted by Gasteiger charge is -2.18. The summed E-state index contributed by atoms with van der Waals surface area (Å²) in [6, 6.07) is 9.82. The van der Waals surface area contributed by atoms with E-state index < -0.39 is 15.6 Å². The average Bonchev–Trinajstić information content (AvgIpc) is 2.74. The molecule has 2 aromatic heterocycles. The third kappa shape index (κ3) is 5.97. The van der Waals surface area contributed by atoms with Gasteiger partial charge in [0, 0.05) is 31.3 Å². The molecule has 10 heteroatoms. The number of anilines is 1. The van der Waals surface area contributed by atoms with E-state index in [4.69, 9.17) is 9.47 Å². The van der Waals surface area contributed by atoms with Gasteiger partial charge in [0.2, 0.25) is 0 Å². The monoisotopic (exact) mass is 444 g/mol. The molecule has 164 valence electrons. The van der Waals surface area contributed by atoms with E-state index in [0.717, 1.165) is 0 Å². The van der Waals surface area contributed by atoms with Gasteiger partial charge in [0.15, 0.2) is 5.82 Å². The average molecular weight is 445 g/mol. The number of ether oxygens (including phenoxy) is 2. The zero-order valence-electron chi connectivity index (χ0n) is 17.4. The van der Waals surface area contributed by atoms with Gasteiger partial charge in [0.05, 0.1) is 17.9 Å². The van der Waals surface area contributed by atoms with Crippen molar-refractivity contribution in [2.45, 2.75) is 31.0 Å². The van der Waals surface area contributed by atoms with Gasteiger partial charge in [-0.1, -0.05) is 0 Å². The number of methoxy groups -OCH3 is 1. The predicted molar refractivity (Wildman–Crippen MR) is 115 cm³/mol. The van der Waals surface area contributed by atoms with Crippen molar-refractivity contribution in [2.75, 3.05) is 18.4 Å². The molecule has 3 aromatic rings. The lowest BCUT2D eigenvalue weighted by Crippen LogP contribution is -2.27. The molecule has 2 heterocycles. The maximum absolute atomic E-state index is 13.1. The SMILES string of the molecule is COCc1nccnc1NS(=O)(=O)c1cccnc1-c1ccc(OCC(C)(C)O)cc1. The molecule has 31 heavy (non-hydrogen) atoms. The van der Waals surface area contributed by atoms with Gasteiger partial charge in [-0.15, -0.1) is 0 Å². The summed E-state index contributed by atoms with van der Waals surface area (Å²) in [5, 5.41) is 9.79. The number of pyridine rings is 1. The molecule has 9 nitrogen and oxygen atoms in total. The van der Waals surface area contributed by atoms with Crippen molar-refractivity contribution in [1.82, 2.24) is 15.0 Å². The molecule has 0 aliphatic carbocycles. The molecule has 0 aliphatic heterocycles. The number of hydrogen-bond donors (Lipinski definition) is 2. The smallest absolute Gasteiger partial charge is 0.265 e. The Labute approximate surface area is 181 Å². The number of nitrogens with one attached hydrogen (secondary N) is 1. The maximum Gasteiger partial charge on any atom is 0.265 e. The highest BCUT2D eigenvalue weighted by atomic mass is 32.2. The van der Waals surface area contributed by atoms with E-state index in [9.17, 15) is 13.5 Å². The summed E-state index contributed by atoms with van der Waals surface area (Å²) in [4.78, 5) is 12.4. The molecule has 0 amide bonds. The zero-order valence-corrected chi connectivity index (χ0v) is 18.3. The normalized spacial score (nSPS) is 11.9. The molecule has 0 bridgehead atoms. The Morgan fingerprint density at radius 1 is 1.03 bits per heavy atom. The highest BCUT2D eigenvalue weighted by molar-refractivity contribution is 7.92. The Morgan fingerprint density at radius 2 is 1.74 bits per heavy atom. The van der Waals surface area contributed by atoms with Crippen LogP contribution in [0, 0.1) is 0 Å². The second-order valence-corrected chi connectivity index (χ2v) is 9.02. The van der Waals surface area contributed by atoms with Crippen molar-refractivity contribution in [3.8, 4) is 17.0 Å². The summed E-state index contributed by atoms with van der Waals surface area (Å²) >= 11 is 0. The molecule has 0 atom stereocenters. The first-order chi connectivity index (χ1) is 14.7. The van der Waals surface area contributed by atoms with E-state index in [0.29, 0.717) is 17.0 Å². The minimum absolute atomic E-state index is 0.00539. The minimum atomic E-state index is -4.01. The summed E-state index contributed by atoms with van der Waals surface area (Å²) in [5.41, 5.74) is 0.274. The molecule has 0 saturated carbocycles. The van der Waals surface area contributed by atoms with Gasteiger partial charge in [0.1, 0.15) is 22.9 Å².